The molecule has 0 spiro atoms. The Bertz CT molecular complexity index is 995. The molecule has 1 atom stereocenters. The summed E-state index contributed by atoms with van der Waals surface area (Å²) in [5.74, 6) is 2.38. The average molecular weight is 391 g/mol. The summed E-state index contributed by atoms with van der Waals surface area (Å²) in [5, 5.41) is 4.16. The molecule has 0 radical (unpaired) electrons. The first-order valence-electron chi connectivity index (χ1n) is 9.91. The third-order valence-corrected chi connectivity index (χ3v) is 5.38. The molecule has 1 fully saturated rings. The molecule has 0 saturated carbocycles. The van der Waals surface area contributed by atoms with Gasteiger partial charge in [0, 0.05) is 18.5 Å². The molecule has 3 aromatic rings. The minimum Gasteiger partial charge on any atom is -0.497 e. The molecule has 150 valence electrons. The van der Waals surface area contributed by atoms with Crippen LogP contribution in [0.25, 0.3) is 11.4 Å². The van der Waals surface area contributed by atoms with Crippen molar-refractivity contribution in [3.05, 3.63) is 65.5 Å². The molecule has 1 unspecified atom stereocenters. The van der Waals surface area contributed by atoms with Crippen LogP contribution in [0.4, 0.5) is 0 Å². The fraction of sp³-hybridized carbons (Fsp3) is 0.348. The summed E-state index contributed by atoms with van der Waals surface area (Å²) in [5.41, 5.74) is 3.19. The van der Waals surface area contributed by atoms with E-state index in [0.29, 0.717) is 37.0 Å². The van der Waals surface area contributed by atoms with Crippen molar-refractivity contribution in [2.45, 2.75) is 45.2 Å². The Morgan fingerprint density at radius 3 is 2.72 bits per heavy atom. The van der Waals surface area contributed by atoms with Gasteiger partial charge in [-0.2, -0.15) is 4.98 Å². The second-order valence-electron chi connectivity index (χ2n) is 7.66. The van der Waals surface area contributed by atoms with Crippen LogP contribution < -0.4 is 4.74 Å². The predicted molar refractivity (Wildman–Crippen MR) is 109 cm³/mol. The predicted octanol–water partition coefficient (Wildman–Crippen LogP) is 4.73. The van der Waals surface area contributed by atoms with E-state index < -0.39 is 0 Å². The van der Waals surface area contributed by atoms with Crippen LogP contribution in [0, 0.1) is 0 Å². The number of carbonyl (C=O) groups excluding carboxylic acids is 1. The Hall–Kier alpha value is -3.15. The lowest BCUT2D eigenvalue weighted by atomic mass is 10.0. The molecular formula is C23H25N3O3. The minimum absolute atomic E-state index is 0.0962. The minimum atomic E-state index is -0.204. The zero-order valence-corrected chi connectivity index (χ0v) is 17.0. The quantitative estimate of drug-likeness (QED) is 0.607. The molecule has 0 N–H and O–H groups in total. The summed E-state index contributed by atoms with van der Waals surface area (Å²) in [6.07, 6.45) is 1.16. The molecule has 0 bridgehead atoms. The zero-order valence-electron chi connectivity index (χ0n) is 17.0. The summed E-state index contributed by atoms with van der Waals surface area (Å²) in [6, 6.07) is 15.7. The van der Waals surface area contributed by atoms with Crippen LogP contribution in [0.3, 0.4) is 0 Å². The van der Waals surface area contributed by atoms with Gasteiger partial charge in [0.2, 0.25) is 17.6 Å². The topological polar surface area (TPSA) is 68.5 Å². The van der Waals surface area contributed by atoms with Gasteiger partial charge in [-0.1, -0.05) is 55.4 Å². The van der Waals surface area contributed by atoms with E-state index in [9.17, 15) is 4.79 Å². The number of rotatable bonds is 6. The molecular weight excluding hydrogens is 366 g/mol. The van der Waals surface area contributed by atoms with Gasteiger partial charge in [0.1, 0.15) is 11.8 Å². The Morgan fingerprint density at radius 2 is 2.00 bits per heavy atom. The standard InChI is InChI=1S/C23H25N3O3/c1-15(2)17-7-9-18(10-8-17)22-24-23(29-25-22)20-11-12-21(27)26(20)14-16-5-4-6-19(13-16)28-3/h4-10,13,15,20H,11-12,14H2,1-3H3. The Labute approximate surface area is 170 Å². The maximum absolute atomic E-state index is 12.5. The third kappa shape index (κ3) is 4.01. The van der Waals surface area contributed by atoms with E-state index in [-0.39, 0.29) is 11.9 Å². The number of hydrogen-bond acceptors (Lipinski definition) is 5. The fourth-order valence-electron chi connectivity index (χ4n) is 3.66. The van der Waals surface area contributed by atoms with E-state index in [2.05, 4.69) is 36.1 Å². The van der Waals surface area contributed by atoms with Crippen molar-refractivity contribution in [3.8, 4) is 17.1 Å². The van der Waals surface area contributed by atoms with Gasteiger partial charge in [-0.25, -0.2) is 0 Å². The van der Waals surface area contributed by atoms with Crippen LogP contribution in [0.1, 0.15) is 55.7 Å². The number of aromatic nitrogens is 2. The van der Waals surface area contributed by atoms with Crippen molar-refractivity contribution in [1.82, 2.24) is 15.0 Å². The van der Waals surface area contributed by atoms with E-state index in [1.165, 1.54) is 5.56 Å². The van der Waals surface area contributed by atoms with Gasteiger partial charge in [-0.15, -0.1) is 0 Å². The average Bonchev–Trinajstić information content (AvgIpc) is 3.36. The molecule has 2 aromatic carbocycles. The monoisotopic (exact) mass is 391 g/mol. The van der Waals surface area contributed by atoms with Crippen LogP contribution in [0.2, 0.25) is 0 Å². The van der Waals surface area contributed by atoms with Gasteiger partial charge in [0.25, 0.3) is 0 Å². The van der Waals surface area contributed by atoms with E-state index in [0.717, 1.165) is 16.9 Å². The van der Waals surface area contributed by atoms with E-state index >= 15 is 0 Å². The van der Waals surface area contributed by atoms with E-state index in [4.69, 9.17) is 9.26 Å². The summed E-state index contributed by atoms with van der Waals surface area (Å²) >= 11 is 0. The maximum Gasteiger partial charge on any atom is 0.249 e. The maximum atomic E-state index is 12.5. The highest BCUT2D eigenvalue weighted by atomic mass is 16.5. The number of benzene rings is 2. The van der Waals surface area contributed by atoms with Crippen LogP contribution in [0.5, 0.6) is 5.75 Å². The van der Waals surface area contributed by atoms with Crippen molar-refractivity contribution in [2.75, 3.05) is 7.11 Å². The number of nitrogens with zero attached hydrogens (tertiary/aromatic N) is 3. The van der Waals surface area contributed by atoms with Crippen LogP contribution in [0.15, 0.2) is 53.1 Å². The fourth-order valence-corrected chi connectivity index (χ4v) is 3.66. The number of methoxy groups -OCH3 is 1. The molecule has 1 amide bonds. The first-order valence-corrected chi connectivity index (χ1v) is 9.91. The number of carbonyl (C=O) groups is 1. The van der Waals surface area contributed by atoms with Crippen LogP contribution in [-0.4, -0.2) is 28.1 Å². The Morgan fingerprint density at radius 1 is 1.21 bits per heavy atom. The van der Waals surface area contributed by atoms with E-state index in [1.807, 2.05) is 41.3 Å². The second-order valence-corrected chi connectivity index (χ2v) is 7.66. The van der Waals surface area contributed by atoms with Crippen LogP contribution >= 0.6 is 0 Å². The van der Waals surface area contributed by atoms with Crippen molar-refractivity contribution in [2.24, 2.45) is 0 Å². The Kier molecular flexibility index (Phi) is 5.34. The highest BCUT2D eigenvalue weighted by molar-refractivity contribution is 5.78. The first-order chi connectivity index (χ1) is 14.0. The van der Waals surface area contributed by atoms with Gasteiger partial charge in [0.15, 0.2) is 0 Å². The summed E-state index contributed by atoms with van der Waals surface area (Å²) in [4.78, 5) is 18.9. The lowest BCUT2D eigenvalue weighted by Gasteiger charge is -2.22. The van der Waals surface area contributed by atoms with Gasteiger partial charge < -0.3 is 14.2 Å². The van der Waals surface area contributed by atoms with E-state index in [1.54, 1.807) is 7.11 Å². The molecule has 1 saturated heterocycles. The van der Waals surface area contributed by atoms with Gasteiger partial charge in [-0.05, 0) is 35.6 Å². The van der Waals surface area contributed by atoms with Gasteiger partial charge in [0.05, 0.1) is 7.11 Å². The van der Waals surface area contributed by atoms with Crippen molar-refractivity contribution in [1.29, 1.82) is 0 Å². The molecule has 6 heteroatoms. The Balaban J connectivity index is 1.54. The summed E-state index contributed by atoms with van der Waals surface area (Å²) in [6.45, 7) is 4.81. The molecule has 1 aromatic heterocycles. The molecule has 29 heavy (non-hydrogen) atoms. The molecule has 1 aliphatic heterocycles. The number of likely N-dealkylation sites (tertiary alicyclic amines) is 1. The largest absolute Gasteiger partial charge is 0.497 e. The molecule has 4 rings (SSSR count). The number of hydrogen-bond donors (Lipinski definition) is 0. The number of amides is 1. The lowest BCUT2D eigenvalue weighted by molar-refractivity contribution is -0.130. The second kappa shape index (κ2) is 8.07. The SMILES string of the molecule is COc1cccc(CN2C(=O)CCC2c2nc(-c3ccc(C(C)C)cc3)no2)c1. The molecule has 6 nitrogen and oxygen atoms in total. The van der Waals surface area contributed by atoms with Crippen LogP contribution in [-0.2, 0) is 11.3 Å². The smallest absolute Gasteiger partial charge is 0.249 e. The first kappa shape index (κ1) is 19.2. The summed E-state index contributed by atoms with van der Waals surface area (Å²) < 4.78 is 10.9. The molecule has 2 heterocycles. The number of ether oxygens (including phenoxy) is 1. The normalized spacial score (nSPS) is 16.6. The molecule has 0 aliphatic carbocycles. The summed E-state index contributed by atoms with van der Waals surface area (Å²) in [7, 11) is 1.64. The lowest BCUT2D eigenvalue weighted by Crippen LogP contribution is -2.27. The third-order valence-electron chi connectivity index (χ3n) is 5.38. The zero-order chi connectivity index (χ0) is 20.4. The highest BCUT2D eigenvalue weighted by Gasteiger charge is 2.36. The molecule has 1 aliphatic rings. The van der Waals surface area contributed by atoms with Crippen molar-refractivity contribution >= 4 is 5.91 Å². The van der Waals surface area contributed by atoms with Crippen molar-refractivity contribution in [3.63, 3.8) is 0 Å². The van der Waals surface area contributed by atoms with Crippen molar-refractivity contribution < 1.29 is 14.1 Å². The van der Waals surface area contributed by atoms with Gasteiger partial charge in [-0.3, -0.25) is 4.79 Å². The van der Waals surface area contributed by atoms with Gasteiger partial charge >= 0.3 is 0 Å². The highest BCUT2D eigenvalue weighted by Crippen LogP contribution is 2.34.